The van der Waals surface area contributed by atoms with Gasteiger partial charge in [-0.05, 0) is 24.0 Å². The minimum Gasteiger partial charge on any atom is -0.353 e. The van der Waals surface area contributed by atoms with Crippen molar-refractivity contribution in [2.45, 2.75) is 26.3 Å². The van der Waals surface area contributed by atoms with Crippen molar-refractivity contribution in [3.05, 3.63) is 48.8 Å². The second-order valence-corrected chi connectivity index (χ2v) is 8.03. The summed E-state index contributed by atoms with van der Waals surface area (Å²) in [4.78, 5) is 21.6. The minimum atomic E-state index is -0.406. The fourth-order valence-corrected chi connectivity index (χ4v) is 3.86. The number of hydrogen-bond donors (Lipinski definition) is 1. The number of rotatable bonds is 5. The number of carbonyl (C=O) groups is 1. The predicted molar refractivity (Wildman–Crippen MR) is 115 cm³/mol. The summed E-state index contributed by atoms with van der Waals surface area (Å²) in [5, 5.41) is 4.43. The Morgan fingerprint density at radius 3 is 2.52 bits per heavy atom. The van der Waals surface area contributed by atoms with E-state index in [1.807, 2.05) is 41.6 Å². The molecule has 1 amide bonds. The standard InChI is InChI=1S/C22H28N6O/c1-16(2)14-19(23)22(29)27-12-10-26(11-13-27)20-8-9-28-21(25-20)18(15-24-28)17-6-4-3-5-7-17/h3-9,15-16,19H,10-14,23H2,1-2H3/t19-/m0/s1. The molecule has 1 atom stereocenters. The zero-order valence-electron chi connectivity index (χ0n) is 17.0. The first-order chi connectivity index (χ1) is 14.0. The van der Waals surface area contributed by atoms with Crippen molar-refractivity contribution < 1.29 is 4.79 Å². The molecule has 0 aliphatic carbocycles. The number of amides is 1. The molecule has 0 bridgehead atoms. The van der Waals surface area contributed by atoms with Gasteiger partial charge in [0.15, 0.2) is 5.65 Å². The van der Waals surface area contributed by atoms with Crippen molar-refractivity contribution >= 4 is 17.4 Å². The maximum Gasteiger partial charge on any atom is 0.239 e. The Kier molecular flexibility index (Phi) is 5.49. The van der Waals surface area contributed by atoms with Gasteiger partial charge in [-0.2, -0.15) is 5.10 Å². The number of nitrogens with two attached hydrogens (primary N) is 1. The number of carbonyl (C=O) groups excluding carboxylic acids is 1. The van der Waals surface area contributed by atoms with Crippen molar-refractivity contribution in [2.24, 2.45) is 11.7 Å². The van der Waals surface area contributed by atoms with Crippen LogP contribution in [0.15, 0.2) is 48.8 Å². The summed E-state index contributed by atoms with van der Waals surface area (Å²) >= 11 is 0. The molecule has 1 saturated heterocycles. The Morgan fingerprint density at radius 1 is 1.10 bits per heavy atom. The summed E-state index contributed by atoms with van der Waals surface area (Å²) in [5.74, 6) is 1.39. The van der Waals surface area contributed by atoms with Crippen molar-refractivity contribution in [3.63, 3.8) is 0 Å². The van der Waals surface area contributed by atoms with Gasteiger partial charge in [0.25, 0.3) is 0 Å². The van der Waals surface area contributed by atoms with Gasteiger partial charge in [0, 0.05) is 37.9 Å². The third-order valence-corrected chi connectivity index (χ3v) is 5.40. The number of piperazine rings is 1. The Hall–Kier alpha value is -2.93. The molecule has 1 aromatic carbocycles. The van der Waals surface area contributed by atoms with Gasteiger partial charge < -0.3 is 15.5 Å². The molecule has 2 aromatic heterocycles. The second-order valence-electron chi connectivity index (χ2n) is 8.03. The molecule has 1 aliphatic rings. The zero-order valence-corrected chi connectivity index (χ0v) is 17.0. The van der Waals surface area contributed by atoms with Crippen molar-refractivity contribution in [3.8, 4) is 11.1 Å². The Labute approximate surface area is 171 Å². The van der Waals surface area contributed by atoms with E-state index in [-0.39, 0.29) is 5.91 Å². The Balaban J connectivity index is 1.48. The zero-order chi connectivity index (χ0) is 20.4. The van der Waals surface area contributed by atoms with Gasteiger partial charge in [0.1, 0.15) is 5.82 Å². The first kappa shape index (κ1) is 19.4. The molecule has 4 rings (SSSR count). The minimum absolute atomic E-state index is 0.0592. The number of nitrogens with zero attached hydrogens (tertiary/aromatic N) is 5. The van der Waals surface area contributed by atoms with E-state index < -0.39 is 6.04 Å². The van der Waals surface area contributed by atoms with Gasteiger partial charge >= 0.3 is 0 Å². The number of aromatic nitrogens is 3. The van der Waals surface area contributed by atoms with Crippen LogP contribution in [-0.4, -0.2) is 57.6 Å². The summed E-state index contributed by atoms with van der Waals surface area (Å²) in [6.45, 7) is 7.01. The third-order valence-electron chi connectivity index (χ3n) is 5.40. The average molecular weight is 393 g/mol. The smallest absolute Gasteiger partial charge is 0.239 e. The van der Waals surface area contributed by atoms with Crippen molar-refractivity contribution in [1.29, 1.82) is 0 Å². The van der Waals surface area contributed by atoms with Gasteiger partial charge in [-0.1, -0.05) is 44.2 Å². The van der Waals surface area contributed by atoms with Crippen LogP contribution in [0.3, 0.4) is 0 Å². The Morgan fingerprint density at radius 2 is 1.83 bits per heavy atom. The fraction of sp³-hybridized carbons (Fsp3) is 0.409. The highest BCUT2D eigenvalue weighted by Gasteiger charge is 2.26. The van der Waals surface area contributed by atoms with Crippen molar-refractivity contribution in [2.75, 3.05) is 31.1 Å². The molecule has 7 nitrogen and oxygen atoms in total. The van der Waals surface area contributed by atoms with E-state index in [0.29, 0.717) is 19.0 Å². The molecular weight excluding hydrogens is 364 g/mol. The number of benzene rings is 1. The SMILES string of the molecule is CC(C)C[C@H](N)C(=O)N1CCN(c2ccn3ncc(-c4ccccc4)c3n2)CC1. The van der Waals surface area contributed by atoms with Crippen LogP contribution >= 0.6 is 0 Å². The highest BCUT2D eigenvalue weighted by molar-refractivity contribution is 5.82. The monoisotopic (exact) mass is 392 g/mol. The predicted octanol–water partition coefficient (Wildman–Crippen LogP) is 2.42. The van der Waals surface area contributed by atoms with Crippen molar-refractivity contribution in [1.82, 2.24) is 19.5 Å². The first-order valence-corrected chi connectivity index (χ1v) is 10.2. The third kappa shape index (κ3) is 4.10. The molecule has 0 radical (unpaired) electrons. The topological polar surface area (TPSA) is 79.8 Å². The highest BCUT2D eigenvalue weighted by atomic mass is 16.2. The molecule has 152 valence electrons. The van der Waals surface area contributed by atoms with E-state index >= 15 is 0 Å². The van der Waals surface area contributed by atoms with Crippen LogP contribution in [0.1, 0.15) is 20.3 Å². The van der Waals surface area contributed by atoms with Gasteiger partial charge in [-0.3, -0.25) is 4.79 Å². The lowest BCUT2D eigenvalue weighted by atomic mass is 10.0. The molecular formula is C22H28N6O. The van der Waals surface area contributed by atoms with Crippen LogP contribution in [0.25, 0.3) is 16.8 Å². The largest absolute Gasteiger partial charge is 0.353 e. The lowest BCUT2D eigenvalue weighted by molar-refractivity contribution is -0.133. The van der Waals surface area contributed by atoms with Crippen LogP contribution in [0.5, 0.6) is 0 Å². The summed E-state index contributed by atoms with van der Waals surface area (Å²) in [6.07, 6.45) is 4.52. The van der Waals surface area contributed by atoms with Crippen LogP contribution in [-0.2, 0) is 4.79 Å². The van der Waals surface area contributed by atoms with E-state index in [2.05, 4.69) is 36.0 Å². The van der Waals surface area contributed by atoms with Crippen LogP contribution in [0, 0.1) is 5.92 Å². The molecule has 7 heteroatoms. The number of anilines is 1. The molecule has 1 fully saturated rings. The first-order valence-electron chi connectivity index (χ1n) is 10.2. The van der Waals surface area contributed by atoms with E-state index in [9.17, 15) is 4.79 Å². The lowest BCUT2D eigenvalue weighted by Gasteiger charge is -2.36. The molecule has 3 heterocycles. The van der Waals surface area contributed by atoms with Gasteiger partial charge in [0.2, 0.25) is 5.91 Å². The average Bonchev–Trinajstić information content (AvgIpc) is 3.16. The molecule has 0 unspecified atom stereocenters. The summed E-state index contributed by atoms with van der Waals surface area (Å²) in [7, 11) is 0. The summed E-state index contributed by atoms with van der Waals surface area (Å²) < 4.78 is 1.80. The van der Waals surface area contributed by atoms with E-state index in [1.54, 1.807) is 4.52 Å². The van der Waals surface area contributed by atoms with Gasteiger partial charge in [-0.15, -0.1) is 0 Å². The van der Waals surface area contributed by atoms with Crippen LogP contribution in [0.2, 0.25) is 0 Å². The highest BCUT2D eigenvalue weighted by Crippen LogP contribution is 2.25. The fourth-order valence-electron chi connectivity index (χ4n) is 3.86. The van der Waals surface area contributed by atoms with Gasteiger partial charge in [-0.25, -0.2) is 9.50 Å². The molecule has 3 aromatic rings. The maximum atomic E-state index is 12.6. The molecule has 29 heavy (non-hydrogen) atoms. The number of hydrogen-bond acceptors (Lipinski definition) is 5. The van der Waals surface area contributed by atoms with Crippen LogP contribution in [0.4, 0.5) is 5.82 Å². The molecule has 0 spiro atoms. The molecule has 1 aliphatic heterocycles. The van der Waals surface area contributed by atoms with Gasteiger partial charge in [0.05, 0.1) is 12.2 Å². The Bertz CT molecular complexity index is 975. The normalized spacial score (nSPS) is 15.9. The molecule has 2 N–H and O–H groups in total. The summed E-state index contributed by atoms with van der Waals surface area (Å²) in [6, 6.07) is 11.7. The van der Waals surface area contributed by atoms with E-state index in [0.717, 1.165) is 42.1 Å². The van der Waals surface area contributed by atoms with Crippen LogP contribution < -0.4 is 10.6 Å². The number of fused-ring (bicyclic) bond motifs is 1. The maximum absolute atomic E-state index is 12.6. The summed E-state index contributed by atoms with van der Waals surface area (Å²) in [5.41, 5.74) is 9.04. The lowest BCUT2D eigenvalue weighted by Crippen LogP contribution is -2.53. The van der Waals surface area contributed by atoms with E-state index in [4.69, 9.17) is 10.7 Å². The second kappa shape index (κ2) is 8.21. The molecule has 0 saturated carbocycles. The van der Waals surface area contributed by atoms with E-state index in [1.165, 1.54) is 0 Å². The quantitative estimate of drug-likeness (QED) is 0.721.